The van der Waals surface area contributed by atoms with E-state index in [1.54, 1.807) is 6.07 Å². The lowest BCUT2D eigenvalue weighted by Crippen LogP contribution is -2.15. The van der Waals surface area contributed by atoms with Crippen LogP contribution in [0.5, 0.6) is 0 Å². The zero-order chi connectivity index (χ0) is 14.0. The van der Waals surface area contributed by atoms with E-state index < -0.39 is 10.0 Å². The van der Waals surface area contributed by atoms with Gasteiger partial charge in [-0.25, -0.2) is 13.4 Å². The number of aromatic nitrogens is 2. The van der Waals surface area contributed by atoms with Crippen LogP contribution in [0, 0.1) is 0 Å². The Hall–Kier alpha value is -1.38. The van der Waals surface area contributed by atoms with Crippen molar-refractivity contribution in [2.75, 3.05) is 10.5 Å². The number of halogens is 2. The van der Waals surface area contributed by atoms with E-state index in [4.69, 9.17) is 17.3 Å². The average Bonchev–Trinajstić information content (AvgIpc) is 2.31. The Labute approximate surface area is 123 Å². The molecule has 100 valence electrons. The number of sulfonamides is 1. The highest BCUT2D eigenvalue weighted by Gasteiger charge is 2.18. The molecule has 0 fully saturated rings. The van der Waals surface area contributed by atoms with Crippen molar-refractivity contribution in [1.29, 1.82) is 0 Å². The molecule has 0 bridgehead atoms. The summed E-state index contributed by atoms with van der Waals surface area (Å²) in [6.45, 7) is 0. The topological polar surface area (TPSA) is 98.0 Å². The summed E-state index contributed by atoms with van der Waals surface area (Å²) in [7, 11) is -3.84. The zero-order valence-electron chi connectivity index (χ0n) is 9.34. The molecule has 0 saturated carbocycles. The SMILES string of the molecule is Nc1ccc(Br)cc1S(=O)(=O)Nc1ccnc(Cl)n1. The molecule has 1 aromatic carbocycles. The van der Waals surface area contributed by atoms with Gasteiger partial charge in [0.15, 0.2) is 0 Å². The maximum Gasteiger partial charge on any atom is 0.265 e. The molecule has 0 aliphatic heterocycles. The quantitative estimate of drug-likeness (QED) is 0.644. The van der Waals surface area contributed by atoms with Crippen LogP contribution in [0.2, 0.25) is 5.28 Å². The average molecular weight is 364 g/mol. The van der Waals surface area contributed by atoms with Crippen molar-refractivity contribution in [2.24, 2.45) is 0 Å². The summed E-state index contributed by atoms with van der Waals surface area (Å²) in [6.07, 6.45) is 1.34. The van der Waals surface area contributed by atoms with Crippen molar-refractivity contribution in [3.63, 3.8) is 0 Å². The third-order valence-electron chi connectivity index (χ3n) is 2.13. The fraction of sp³-hybridized carbons (Fsp3) is 0. The molecule has 0 aliphatic carbocycles. The van der Waals surface area contributed by atoms with E-state index in [2.05, 4.69) is 30.6 Å². The van der Waals surface area contributed by atoms with E-state index in [0.717, 1.165) is 0 Å². The second-order valence-electron chi connectivity index (χ2n) is 3.50. The first-order chi connectivity index (χ1) is 8.88. The van der Waals surface area contributed by atoms with E-state index in [1.807, 2.05) is 0 Å². The third-order valence-corrected chi connectivity index (χ3v) is 4.22. The zero-order valence-corrected chi connectivity index (χ0v) is 12.5. The van der Waals surface area contributed by atoms with Gasteiger partial charge in [-0.2, -0.15) is 4.98 Å². The Kier molecular flexibility index (Phi) is 3.93. The fourth-order valence-electron chi connectivity index (χ4n) is 1.33. The number of benzene rings is 1. The van der Waals surface area contributed by atoms with Crippen molar-refractivity contribution in [2.45, 2.75) is 4.90 Å². The molecule has 0 spiro atoms. The number of hydrogen-bond acceptors (Lipinski definition) is 5. The highest BCUT2D eigenvalue weighted by atomic mass is 79.9. The van der Waals surface area contributed by atoms with Gasteiger partial charge in [-0.15, -0.1) is 0 Å². The number of nitrogens with two attached hydrogens (primary N) is 1. The molecule has 0 unspecified atom stereocenters. The summed E-state index contributed by atoms with van der Waals surface area (Å²) < 4.78 is 27.2. The molecule has 0 aliphatic rings. The molecule has 1 heterocycles. The Balaban J connectivity index is 2.40. The van der Waals surface area contributed by atoms with Gasteiger partial charge in [0.05, 0.1) is 5.69 Å². The number of rotatable bonds is 3. The number of nitrogens with zero attached hydrogens (tertiary/aromatic N) is 2. The van der Waals surface area contributed by atoms with Crippen molar-refractivity contribution < 1.29 is 8.42 Å². The Bertz CT molecular complexity index is 723. The van der Waals surface area contributed by atoms with Crippen molar-refractivity contribution >= 4 is 49.1 Å². The second-order valence-corrected chi connectivity index (χ2v) is 6.40. The number of nitrogens with one attached hydrogen (secondary N) is 1. The molecule has 0 atom stereocenters. The van der Waals surface area contributed by atoms with Gasteiger partial charge in [0.2, 0.25) is 5.28 Å². The van der Waals surface area contributed by atoms with Crippen molar-refractivity contribution in [3.05, 3.63) is 40.2 Å². The summed E-state index contributed by atoms with van der Waals surface area (Å²) in [5, 5.41) is -0.0533. The second kappa shape index (κ2) is 5.32. The summed E-state index contributed by atoms with van der Waals surface area (Å²) in [5.41, 5.74) is 5.80. The van der Waals surface area contributed by atoms with Crippen molar-refractivity contribution in [3.8, 4) is 0 Å². The minimum Gasteiger partial charge on any atom is -0.398 e. The summed E-state index contributed by atoms with van der Waals surface area (Å²) in [4.78, 5) is 7.36. The predicted molar refractivity (Wildman–Crippen MR) is 76.4 cm³/mol. The van der Waals surface area contributed by atoms with E-state index in [1.165, 1.54) is 24.4 Å². The normalized spacial score (nSPS) is 11.3. The van der Waals surface area contributed by atoms with Gasteiger partial charge in [-0.1, -0.05) is 15.9 Å². The van der Waals surface area contributed by atoms with Crippen LogP contribution in [0.3, 0.4) is 0 Å². The molecule has 0 amide bonds. The smallest absolute Gasteiger partial charge is 0.265 e. The number of anilines is 2. The summed E-state index contributed by atoms with van der Waals surface area (Å²) >= 11 is 8.78. The minimum absolute atomic E-state index is 0.0448. The maximum absolute atomic E-state index is 12.2. The van der Waals surface area contributed by atoms with Gasteiger partial charge in [0.1, 0.15) is 10.7 Å². The van der Waals surface area contributed by atoms with Gasteiger partial charge in [-0.3, -0.25) is 4.72 Å². The fourth-order valence-corrected chi connectivity index (χ4v) is 3.14. The van der Waals surface area contributed by atoms with Gasteiger partial charge < -0.3 is 5.73 Å². The molecular weight excluding hydrogens is 356 g/mol. The van der Waals surface area contributed by atoms with Crippen LogP contribution >= 0.6 is 27.5 Å². The lowest BCUT2D eigenvalue weighted by Gasteiger charge is -2.09. The molecule has 0 radical (unpaired) electrons. The third kappa shape index (κ3) is 3.34. The minimum atomic E-state index is -3.84. The lowest BCUT2D eigenvalue weighted by atomic mass is 10.3. The van der Waals surface area contributed by atoms with Gasteiger partial charge in [0.25, 0.3) is 10.0 Å². The molecular formula is C10H8BrClN4O2S. The molecule has 0 saturated heterocycles. The monoisotopic (exact) mass is 362 g/mol. The Morgan fingerprint density at radius 3 is 2.74 bits per heavy atom. The Morgan fingerprint density at radius 1 is 1.32 bits per heavy atom. The Morgan fingerprint density at radius 2 is 2.05 bits per heavy atom. The molecule has 2 aromatic rings. The summed E-state index contributed by atoms with van der Waals surface area (Å²) in [5.74, 6) is 0.0689. The highest BCUT2D eigenvalue weighted by molar-refractivity contribution is 9.10. The first kappa shape index (κ1) is 14.0. The number of hydrogen-bond donors (Lipinski definition) is 2. The van der Waals surface area contributed by atoms with Gasteiger partial charge in [-0.05, 0) is 35.9 Å². The summed E-state index contributed by atoms with van der Waals surface area (Å²) in [6, 6.07) is 5.93. The van der Waals surface area contributed by atoms with E-state index in [-0.39, 0.29) is 21.7 Å². The van der Waals surface area contributed by atoms with Gasteiger partial charge >= 0.3 is 0 Å². The first-order valence-electron chi connectivity index (χ1n) is 4.95. The van der Waals surface area contributed by atoms with E-state index in [9.17, 15) is 8.42 Å². The molecule has 3 N–H and O–H groups in total. The highest BCUT2D eigenvalue weighted by Crippen LogP contribution is 2.24. The van der Waals surface area contributed by atoms with Crippen LogP contribution in [0.4, 0.5) is 11.5 Å². The predicted octanol–water partition coefficient (Wildman–Crippen LogP) is 2.28. The molecule has 6 nitrogen and oxygen atoms in total. The van der Waals surface area contributed by atoms with E-state index >= 15 is 0 Å². The standard InChI is InChI=1S/C10H8BrClN4O2S/c11-6-1-2-7(13)8(5-6)19(17,18)16-9-3-4-14-10(12)15-9/h1-5H,13H2,(H,14,15,16). The van der Waals surface area contributed by atoms with Crippen LogP contribution in [-0.4, -0.2) is 18.4 Å². The van der Waals surface area contributed by atoms with Crippen molar-refractivity contribution in [1.82, 2.24) is 9.97 Å². The number of nitrogen functional groups attached to an aromatic ring is 1. The van der Waals surface area contributed by atoms with Crippen LogP contribution in [0.15, 0.2) is 39.8 Å². The molecule has 2 rings (SSSR count). The largest absolute Gasteiger partial charge is 0.398 e. The van der Waals surface area contributed by atoms with Crippen LogP contribution in [-0.2, 0) is 10.0 Å². The lowest BCUT2D eigenvalue weighted by molar-refractivity contribution is 0.601. The first-order valence-corrected chi connectivity index (χ1v) is 7.60. The van der Waals surface area contributed by atoms with Gasteiger partial charge in [0, 0.05) is 10.7 Å². The van der Waals surface area contributed by atoms with Crippen LogP contribution < -0.4 is 10.5 Å². The van der Waals surface area contributed by atoms with Crippen LogP contribution in [0.1, 0.15) is 0 Å². The van der Waals surface area contributed by atoms with E-state index in [0.29, 0.717) is 4.47 Å². The van der Waals surface area contributed by atoms with Crippen LogP contribution in [0.25, 0.3) is 0 Å². The molecule has 9 heteroatoms. The maximum atomic E-state index is 12.2. The molecule has 19 heavy (non-hydrogen) atoms. The molecule has 1 aromatic heterocycles.